The Morgan fingerprint density at radius 3 is 2.58 bits per heavy atom. The van der Waals surface area contributed by atoms with Crippen LogP contribution < -0.4 is 5.32 Å². The maximum atomic E-state index is 4.17. The van der Waals surface area contributed by atoms with Gasteiger partial charge in [-0.2, -0.15) is 0 Å². The van der Waals surface area contributed by atoms with Gasteiger partial charge in [0.15, 0.2) is 5.82 Å². The van der Waals surface area contributed by atoms with Crippen molar-refractivity contribution in [2.45, 2.75) is 38.3 Å². The molecular formula is C12H23ClN6. The average molecular weight is 287 g/mol. The van der Waals surface area contributed by atoms with Gasteiger partial charge in [-0.25, -0.2) is 4.68 Å². The van der Waals surface area contributed by atoms with Crippen LogP contribution in [0.4, 0.5) is 0 Å². The fourth-order valence-corrected chi connectivity index (χ4v) is 2.76. The lowest BCUT2D eigenvalue weighted by Crippen LogP contribution is -2.36. The quantitative estimate of drug-likeness (QED) is 0.870. The summed E-state index contributed by atoms with van der Waals surface area (Å²) < 4.78 is 2.03. The van der Waals surface area contributed by atoms with E-state index < -0.39 is 0 Å². The largest absolute Gasteiger partial charge is 0.319 e. The van der Waals surface area contributed by atoms with E-state index in [2.05, 4.69) is 25.7 Å². The first kappa shape index (κ1) is 14.7. The fraction of sp³-hybridized carbons (Fsp3) is 0.917. The van der Waals surface area contributed by atoms with Crippen LogP contribution in [0.2, 0.25) is 0 Å². The highest BCUT2D eigenvalue weighted by Crippen LogP contribution is 2.34. The molecule has 7 heteroatoms. The van der Waals surface area contributed by atoms with Crippen molar-refractivity contribution in [2.24, 2.45) is 5.92 Å². The minimum atomic E-state index is 0. The van der Waals surface area contributed by atoms with Crippen LogP contribution in [0.5, 0.6) is 0 Å². The van der Waals surface area contributed by atoms with Gasteiger partial charge in [-0.05, 0) is 68.7 Å². The molecule has 0 radical (unpaired) electrons. The summed E-state index contributed by atoms with van der Waals surface area (Å²) in [7, 11) is 2.04. The highest BCUT2D eigenvalue weighted by Gasteiger charge is 2.28. The van der Waals surface area contributed by atoms with E-state index in [9.17, 15) is 0 Å². The molecule has 0 unspecified atom stereocenters. The van der Waals surface area contributed by atoms with Gasteiger partial charge in [0, 0.05) is 0 Å². The molecule has 2 heterocycles. The first-order chi connectivity index (χ1) is 8.86. The van der Waals surface area contributed by atoms with Gasteiger partial charge in [-0.1, -0.05) is 0 Å². The summed E-state index contributed by atoms with van der Waals surface area (Å²) in [5, 5.41) is 15.4. The summed E-state index contributed by atoms with van der Waals surface area (Å²) in [5.74, 6) is 1.88. The Hall–Kier alpha value is -0.720. The molecule has 2 aliphatic rings. The molecule has 6 nitrogen and oxygen atoms in total. The number of rotatable bonds is 5. The Morgan fingerprint density at radius 1 is 1.21 bits per heavy atom. The van der Waals surface area contributed by atoms with Crippen LogP contribution in [-0.4, -0.2) is 51.8 Å². The number of aromatic nitrogens is 4. The number of nitrogens with one attached hydrogen (secondary N) is 1. The number of likely N-dealkylation sites (tertiary alicyclic amines) is 1. The second-order valence-electron chi connectivity index (χ2n) is 5.55. The van der Waals surface area contributed by atoms with Crippen LogP contribution in [0.1, 0.15) is 37.5 Å². The molecule has 1 saturated carbocycles. The van der Waals surface area contributed by atoms with Crippen molar-refractivity contribution in [1.82, 2.24) is 30.4 Å². The molecule has 108 valence electrons. The number of halogens is 1. The lowest BCUT2D eigenvalue weighted by molar-refractivity contribution is 0.170. The van der Waals surface area contributed by atoms with Crippen molar-refractivity contribution < 1.29 is 0 Å². The molecule has 0 amide bonds. The predicted molar refractivity (Wildman–Crippen MR) is 75.3 cm³/mol. The molecular weight excluding hydrogens is 264 g/mol. The van der Waals surface area contributed by atoms with E-state index in [4.69, 9.17) is 0 Å². The molecule has 19 heavy (non-hydrogen) atoms. The van der Waals surface area contributed by atoms with Gasteiger partial charge >= 0.3 is 0 Å². The molecule has 2 fully saturated rings. The predicted octanol–water partition coefficient (Wildman–Crippen LogP) is 0.861. The molecule has 1 saturated heterocycles. The van der Waals surface area contributed by atoms with Crippen LogP contribution in [0.3, 0.4) is 0 Å². The summed E-state index contributed by atoms with van der Waals surface area (Å²) >= 11 is 0. The Morgan fingerprint density at radius 2 is 1.95 bits per heavy atom. The molecule has 1 aromatic rings. The molecule has 0 aromatic carbocycles. The van der Waals surface area contributed by atoms with E-state index in [0.29, 0.717) is 6.04 Å². The maximum absolute atomic E-state index is 4.17. The lowest BCUT2D eigenvalue weighted by Gasteiger charge is -2.31. The number of hydrogen-bond acceptors (Lipinski definition) is 5. The number of piperidine rings is 1. The van der Waals surface area contributed by atoms with Gasteiger partial charge in [0.2, 0.25) is 0 Å². The van der Waals surface area contributed by atoms with Crippen molar-refractivity contribution in [1.29, 1.82) is 0 Å². The summed E-state index contributed by atoms with van der Waals surface area (Å²) in [4.78, 5) is 2.48. The third-order valence-electron chi connectivity index (χ3n) is 4.02. The molecule has 1 aliphatic carbocycles. The number of hydrogen-bond donors (Lipinski definition) is 1. The van der Waals surface area contributed by atoms with E-state index in [1.165, 1.54) is 38.8 Å². The average Bonchev–Trinajstić information content (AvgIpc) is 3.13. The van der Waals surface area contributed by atoms with Crippen LogP contribution in [0, 0.1) is 5.92 Å². The molecule has 1 N–H and O–H groups in total. The maximum Gasteiger partial charge on any atom is 0.165 e. The fourth-order valence-electron chi connectivity index (χ4n) is 2.76. The van der Waals surface area contributed by atoms with Crippen LogP contribution in [0.15, 0.2) is 0 Å². The second kappa shape index (κ2) is 6.63. The number of nitrogens with zero attached hydrogens (tertiary/aromatic N) is 5. The smallest absolute Gasteiger partial charge is 0.165 e. The van der Waals surface area contributed by atoms with Gasteiger partial charge in [0.25, 0.3) is 0 Å². The van der Waals surface area contributed by atoms with Crippen molar-refractivity contribution in [3.8, 4) is 0 Å². The number of tetrazole rings is 1. The van der Waals surface area contributed by atoms with Crippen molar-refractivity contribution in [3.63, 3.8) is 0 Å². The second-order valence-corrected chi connectivity index (χ2v) is 5.55. The Bertz CT molecular complexity index is 383. The highest BCUT2D eigenvalue weighted by molar-refractivity contribution is 5.85. The zero-order valence-electron chi connectivity index (χ0n) is 11.5. The summed E-state index contributed by atoms with van der Waals surface area (Å²) in [6, 6.07) is 0.580. The lowest BCUT2D eigenvalue weighted by atomic mass is 9.97. The Kier molecular flexibility index (Phi) is 5.13. The van der Waals surface area contributed by atoms with Gasteiger partial charge in [0.05, 0.1) is 12.6 Å². The molecule has 1 aromatic heterocycles. The van der Waals surface area contributed by atoms with Crippen LogP contribution in [0.25, 0.3) is 0 Å². The van der Waals surface area contributed by atoms with E-state index >= 15 is 0 Å². The van der Waals surface area contributed by atoms with E-state index in [0.717, 1.165) is 24.8 Å². The van der Waals surface area contributed by atoms with Crippen molar-refractivity contribution >= 4 is 12.4 Å². The molecule has 0 spiro atoms. The first-order valence-corrected chi connectivity index (χ1v) is 7.00. The van der Waals surface area contributed by atoms with Gasteiger partial charge in [-0.3, -0.25) is 4.90 Å². The van der Waals surface area contributed by atoms with Crippen LogP contribution in [-0.2, 0) is 6.54 Å². The Balaban J connectivity index is 0.00000133. The molecule has 3 rings (SSSR count). The van der Waals surface area contributed by atoms with Crippen molar-refractivity contribution in [2.75, 3.05) is 26.7 Å². The summed E-state index contributed by atoms with van der Waals surface area (Å²) in [5.41, 5.74) is 0. The van der Waals surface area contributed by atoms with Crippen LogP contribution >= 0.6 is 12.4 Å². The van der Waals surface area contributed by atoms with E-state index in [1.807, 2.05) is 11.7 Å². The topological polar surface area (TPSA) is 58.9 Å². The van der Waals surface area contributed by atoms with E-state index in [-0.39, 0.29) is 12.4 Å². The van der Waals surface area contributed by atoms with Crippen molar-refractivity contribution in [3.05, 3.63) is 5.82 Å². The molecule has 0 bridgehead atoms. The minimum Gasteiger partial charge on any atom is -0.319 e. The minimum absolute atomic E-state index is 0. The normalized spacial score (nSPS) is 21.3. The zero-order valence-corrected chi connectivity index (χ0v) is 12.3. The first-order valence-electron chi connectivity index (χ1n) is 7.00. The van der Waals surface area contributed by atoms with Gasteiger partial charge < -0.3 is 5.32 Å². The van der Waals surface area contributed by atoms with E-state index in [1.54, 1.807) is 0 Å². The Labute approximate surface area is 120 Å². The summed E-state index contributed by atoms with van der Waals surface area (Å²) in [6.07, 6.45) is 5.04. The monoisotopic (exact) mass is 286 g/mol. The third-order valence-corrected chi connectivity index (χ3v) is 4.02. The van der Waals surface area contributed by atoms with Gasteiger partial charge in [-0.15, -0.1) is 17.5 Å². The molecule has 1 aliphatic heterocycles. The highest BCUT2D eigenvalue weighted by atomic mass is 35.5. The molecule has 0 atom stereocenters. The standard InChI is InChI=1S/C12H22N6.ClH/c1-13-8-10-4-6-17(7-5-10)9-12-14-15-16-18(12)11-2-3-11;/h10-11,13H,2-9H2,1H3;1H. The SMILES string of the molecule is CNCC1CCN(Cc2nnnn2C2CC2)CC1.Cl. The summed E-state index contributed by atoms with van der Waals surface area (Å²) in [6.45, 7) is 4.40. The zero-order chi connectivity index (χ0) is 12.4. The third kappa shape index (κ3) is 3.64. The van der Waals surface area contributed by atoms with Gasteiger partial charge in [0.1, 0.15) is 0 Å².